The first kappa shape index (κ1) is 31.2. The Morgan fingerprint density at radius 3 is 2.45 bits per heavy atom. The molecule has 0 fully saturated rings. The van der Waals surface area contributed by atoms with E-state index >= 15 is 0 Å². The van der Waals surface area contributed by atoms with Crippen LogP contribution in [0.5, 0.6) is 0 Å². The zero-order valence-corrected chi connectivity index (χ0v) is 26.8. The number of aryl methyl sites for hydroxylation is 1. The molecule has 0 N–H and O–H groups in total. The fourth-order valence-corrected chi connectivity index (χ4v) is 5.94. The Balaban J connectivity index is 1.48. The van der Waals surface area contributed by atoms with E-state index in [2.05, 4.69) is 20.9 Å². The average Bonchev–Trinajstić information content (AvgIpc) is 3.36. The molecule has 3 aromatic heterocycles. The highest BCUT2D eigenvalue weighted by Crippen LogP contribution is 2.39. The third kappa shape index (κ3) is 6.05. The minimum absolute atomic E-state index is 0.0777. The van der Waals surface area contributed by atoms with Crippen molar-refractivity contribution in [1.29, 1.82) is 0 Å². The number of carbonyl (C=O) groups is 2. The molecule has 4 aromatic rings. The predicted molar refractivity (Wildman–Crippen MR) is 173 cm³/mol. The van der Waals surface area contributed by atoms with E-state index in [1.165, 1.54) is 0 Å². The highest BCUT2D eigenvalue weighted by Gasteiger charge is 2.45. The van der Waals surface area contributed by atoms with Gasteiger partial charge in [-0.2, -0.15) is 0 Å². The predicted octanol–water partition coefficient (Wildman–Crippen LogP) is 4.42. The van der Waals surface area contributed by atoms with Crippen LogP contribution in [-0.2, 0) is 35.8 Å². The summed E-state index contributed by atoms with van der Waals surface area (Å²) in [5.41, 5.74) is 3.90. The molecule has 10 heteroatoms. The van der Waals surface area contributed by atoms with Crippen molar-refractivity contribution in [1.82, 2.24) is 19.4 Å². The van der Waals surface area contributed by atoms with Crippen LogP contribution in [0.15, 0.2) is 64.1 Å². The summed E-state index contributed by atoms with van der Waals surface area (Å²) in [4.78, 5) is 52.3. The first-order valence-electron chi connectivity index (χ1n) is 15.0. The number of aromatic nitrogens is 2. The summed E-state index contributed by atoms with van der Waals surface area (Å²) in [5, 5.41) is 0.577. The minimum atomic E-state index is -1.17. The van der Waals surface area contributed by atoms with Crippen molar-refractivity contribution in [3.8, 4) is 0 Å². The Morgan fingerprint density at radius 1 is 0.955 bits per heavy atom. The smallest absolute Gasteiger partial charge is 0.261 e. The number of pyridine rings is 2. The van der Waals surface area contributed by atoms with Gasteiger partial charge < -0.3 is 23.7 Å². The van der Waals surface area contributed by atoms with E-state index in [-0.39, 0.29) is 17.4 Å². The molecule has 0 saturated carbocycles. The molecule has 0 saturated heterocycles. The second kappa shape index (κ2) is 12.4. The van der Waals surface area contributed by atoms with Gasteiger partial charge in [0.25, 0.3) is 5.56 Å². The normalized spacial score (nSPS) is 15.0. The largest absolute Gasteiger partial charge is 0.461 e. The number of fused-ring (bicyclic) bond motifs is 2. The average molecular weight is 599 g/mol. The molecule has 0 unspecified atom stereocenters. The number of rotatable bonds is 10. The van der Waals surface area contributed by atoms with Gasteiger partial charge in [0.15, 0.2) is 0 Å². The molecule has 4 heterocycles. The lowest BCUT2D eigenvalue weighted by Crippen LogP contribution is -2.47. The molecule has 5 rings (SSSR count). The van der Waals surface area contributed by atoms with Gasteiger partial charge in [0.1, 0.15) is 16.8 Å². The summed E-state index contributed by atoms with van der Waals surface area (Å²) in [6, 6.07) is 13.6. The van der Waals surface area contributed by atoms with E-state index in [9.17, 15) is 14.4 Å². The monoisotopic (exact) mass is 598 g/mol. The van der Waals surface area contributed by atoms with Crippen molar-refractivity contribution in [2.45, 2.75) is 53.9 Å². The summed E-state index contributed by atoms with van der Waals surface area (Å²) in [5.74, 6) is 0.270. The standard InChI is InChI=1S/C34H42N6O4/c1-8-40-28-12-11-24(19-29(28)37(7)32(42)34(3,4)33(40)43)20-38(21-25-10-9-14-35-27(25)22-36(5)6)16-17-39-15-13-30-26(31(39)41)18-23(2)44-30/h9-15,18-19H,8,16-17,20-22H2,1-7H3. The first-order valence-corrected chi connectivity index (χ1v) is 15.0. The SMILES string of the molecule is CCN1C(=O)C(C)(C)C(=O)N(C)c2cc(CN(CCn3ccc4oc(C)cc4c3=O)Cc3cccnc3CN(C)C)ccc21. The fraction of sp³-hybridized carbons (Fsp3) is 0.412. The van der Waals surface area contributed by atoms with Crippen LogP contribution in [-0.4, -0.2) is 65.4 Å². The van der Waals surface area contributed by atoms with Crippen molar-refractivity contribution < 1.29 is 14.0 Å². The van der Waals surface area contributed by atoms with Gasteiger partial charge >= 0.3 is 0 Å². The Hall–Kier alpha value is -4.28. The summed E-state index contributed by atoms with van der Waals surface area (Å²) in [7, 11) is 5.78. The van der Waals surface area contributed by atoms with E-state index in [1.807, 2.05) is 64.5 Å². The van der Waals surface area contributed by atoms with Crippen LogP contribution >= 0.6 is 0 Å². The van der Waals surface area contributed by atoms with E-state index < -0.39 is 5.41 Å². The Bertz CT molecular complexity index is 1750. The molecular weight excluding hydrogens is 556 g/mol. The number of anilines is 2. The molecule has 0 atom stereocenters. The van der Waals surface area contributed by atoms with E-state index in [1.54, 1.807) is 47.5 Å². The second-order valence-corrected chi connectivity index (χ2v) is 12.4. The van der Waals surface area contributed by atoms with Crippen molar-refractivity contribution in [3.63, 3.8) is 0 Å². The van der Waals surface area contributed by atoms with E-state index in [0.29, 0.717) is 61.7 Å². The zero-order chi connectivity index (χ0) is 31.8. The number of benzene rings is 1. The quantitative estimate of drug-likeness (QED) is 0.250. The fourth-order valence-electron chi connectivity index (χ4n) is 5.94. The lowest BCUT2D eigenvalue weighted by molar-refractivity contribution is -0.137. The Kier molecular flexibility index (Phi) is 8.76. The van der Waals surface area contributed by atoms with Crippen molar-refractivity contribution in [2.24, 2.45) is 5.41 Å². The lowest BCUT2D eigenvalue weighted by Gasteiger charge is -2.27. The third-order valence-electron chi connectivity index (χ3n) is 8.32. The molecule has 0 bridgehead atoms. The molecule has 0 radical (unpaired) electrons. The maximum Gasteiger partial charge on any atom is 0.261 e. The Morgan fingerprint density at radius 2 is 1.73 bits per heavy atom. The van der Waals surface area contributed by atoms with Crippen LogP contribution in [0.2, 0.25) is 0 Å². The second-order valence-electron chi connectivity index (χ2n) is 12.4. The van der Waals surface area contributed by atoms with Crippen molar-refractivity contribution >= 4 is 34.2 Å². The number of hydrogen-bond donors (Lipinski definition) is 0. The number of amides is 2. The summed E-state index contributed by atoms with van der Waals surface area (Å²) < 4.78 is 7.38. The molecule has 1 aromatic carbocycles. The molecule has 0 spiro atoms. The van der Waals surface area contributed by atoms with Crippen LogP contribution in [0, 0.1) is 12.3 Å². The molecule has 1 aliphatic heterocycles. The summed E-state index contributed by atoms with van der Waals surface area (Å²) in [6.45, 7) is 10.6. The van der Waals surface area contributed by atoms with Gasteiger partial charge in [-0.05, 0) is 83.2 Å². The van der Waals surface area contributed by atoms with Crippen LogP contribution in [0.3, 0.4) is 0 Å². The summed E-state index contributed by atoms with van der Waals surface area (Å²) in [6.07, 6.45) is 3.60. The van der Waals surface area contributed by atoms with Gasteiger partial charge in [-0.1, -0.05) is 12.1 Å². The number of carbonyl (C=O) groups excluding carboxylic acids is 2. The molecule has 0 aliphatic carbocycles. The topological polar surface area (TPSA) is 95.1 Å². The molecular formula is C34H42N6O4. The van der Waals surface area contributed by atoms with Crippen molar-refractivity contribution in [3.05, 3.63) is 87.8 Å². The maximum absolute atomic E-state index is 13.4. The molecule has 1 aliphatic rings. The molecule has 232 valence electrons. The number of nitrogens with zero attached hydrogens (tertiary/aromatic N) is 6. The van der Waals surface area contributed by atoms with Gasteiger partial charge in [-0.25, -0.2) is 0 Å². The highest BCUT2D eigenvalue weighted by atomic mass is 16.3. The molecule has 44 heavy (non-hydrogen) atoms. The van der Waals surface area contributed by atoms with Gasteiger partial charge in [-0.3, -0.25) is 24.3 Å². The maximum atomic E-state index is 13.4. The van der Waals surface area contributed by atoms with Crippen LogP contribution in [0.4, 0.5) is 11.4 Å². The van der Waals surface area contributed by atoms with Gasteiger partial charge in [0.2, 0.25) is 11.8 Å². The van der Waals surface area contributed by atoms with Gasteiger partial charge in [0, 0.05) is 58.7 Å². The first-order chi connectivity index (χ1) is 20.9. The van der Waals surface area contributed by atoms with E-state index in [0.717, 1.165) is 22.5 Å². The van der Waals surface area contributed by atoms with Crippen LogP contribution in [0.25, 0.3) is 11.0 Å². The number of hydrogen-bond acceptors (Lipinski definition) is 7. The van der Waals surface area contributed by atoms with Crippen LogP contribution < -0.4 is 15.4 Å². The zero-order valence-electron chi connectivity index (χ0n) is 26.8. The minimum Gasteiger partial charge on any atom is -0.461 e. The summed E-state index contributed by atoms with van der Waals surface area (Å²) >= 11 is 0. The highest BCUT2D eigenvalue weighted by molar-refractivity contribution is 6.19. The van der Waals surface area contributed by atoms with Gasteiger partial charge in [-0.15, -0.1) is 0 Å². The lowest BCUT2D eigenvalue weighted by atomic mass is 9.90. The van der Waals surface area contributed by atoms with Crippen LogP contribution in [0.1, 0.15) is 43.4 Å². The number of furan rings is 1. The van der Waals surface area contributed by atoms with E-state index in [4.69, 9.17) is 4.42 Å². The van der Waals surface area contributed by atoms with Gasteiger partial charge in [0.05, 0.1) is 22.5 Å². The molecule has 2 amide bonds. The van der Waals surface area contributed by atoms with Crippen molar-refractivity contribution in [2.75, 3.05) is 44.0 Å². The Labute approximate surface area is 258 Å². The molecule has 10 nitrogen and oxygen atoms in total. The third-order valence-corrected chi connectivity index (χ3v) is 8.32.